The molecule has 5 nitrogen and oxygen atoms in total. The van der Waals surface area contributed by atoms with Crippen LogP contribution in [0.15, 0.2) is 22.9 Å². The molecule has 0 radical (unpaired) electrons. The molecule has 1 N–H and O–H groups in total. The molecule has 0 aliphatic heterocycles. The highest BCUT2D eigenvalue weighted by molar-refractivity contribution is 5.12. The second-order valence-electron chi connectivity index (χ2n) is 4.43. The topological polar surface area (TPSA) is 55.9 Å². The summed E-state index contributed by atoms with van der Waals surface area (Å²) in [5.74, 6) is 1.46. The fourth-order valence-electron chi connectivity index (χ4n) is 1.93. The molecule has 0 spiro atoms. The highest BCUT2D eigenvalue weighted by Crippen LogP contribution is 2.14. The van der Waals surface area contributed by atoms with Crippen molar-refractivity contribution in [1.29, 1.82) is 0 Å². The number of aromatic nitrogens is 3. The summed E-state index contributed by atoms with van der Waals surface area (Å²) < 4.78 is 7.33. The predicted molar refractivity (Wildman–Crippen MR) is 69.3 cm³/mol. The first-order chi connectivity index (χ1) is 8.74. The lowest BCUT2D eigenvalue weighted by atomic mass is 10.2. The van der Waals surface area contributed by atoms with E-state index in [1.807, 2.05) is 19.3 Å². The van der Waals surface area contributed by atoms with Crippen LogP contribution in [0.4, 0.5) is 0 Å². The van der Waals surface area contributed by atoms with E-state index in [4.69, 9.17) is 4.52 Å². The lowest BCUT2D eigenvalue weighted by molar-refractivity contribution is 0.370. The third-order valence-electron chi connectivity index (χ3n) is 3.03. The van der Waals surface area contributed by atoms with Crippen molar-refractivity contribution < 1.29 is 4.52 Å². The van der Waals surface area contributed by atoms with Gasteiger partial charge in [-0.05, 0) is 32.5 Å². The predicted octanol–water partition coefficient (Wildman–Crippen LogP) is 2.15. The zero-order chi connectivity index (χ0) is 13.0. The molecule has 2 aromatic heterocycles. The molecule has 18 heavy (non-hydrogen) atoms. The van der Waals surface area contributed by atoms with Crippen molar-refractivity contribution >= 4 is 0 Å². The van der Waals surface area contributed by atoms with Gasteiger partial charge in [0.15, 0.2) is 5.82 Å². The fourth-order valence-corrected chi connectivity index (χ4v) is 1.93. The molecule has 0 aliphatic rings. The van der Waals surface area contributed by atoms with Crippen LogP contribution in [0.3, 0.4) is 0 Å². The van der Waals surface area contributed by atoms with E-state index >= 15 is 0 Å². The normalized spacial score (nSPS) is 12.8. The number of nitrogens with zero attached hydrogens (tertiary/aromatic N) is 3. The molecule has 0 fully saturated rings. The summed E-state index contributed by atoms with van der Waals surface area (Å²) in [6.07, 6.45) is 3.91. The molecule has 0 bridgehead atoms. The van der Waals surface area contributed by atoms with Crippen molar-refractivity contribution in [1.82, 2.24) is 20.0 Å². The van der Waals surface area contributed by atoms with Crippen LogP contribution in [0.1, 0.15) is 43.7 Å². The first-order valence-corrected chi connectivity index (χ1v) is 6.38. The minimum absolute atomic E-state index is 0.307. The van der Waals surface area contributed by atoms with Crippen molar-refractivity contribution in [3.8, 4) is 0 Å². The molecule has 0 saturated carbocycles. The molecule has 0 amide bonds. The SMILES string of the molecule is CCCc1nc(Cn2cccc2C(C)NC)no1. The Kier molecular flexibility index (Phi) is 4.15. The van der Waals surface area contributed by atoms with Crippen LogP contribution < -0.4 is 5.32 Å². The van der Waals surface area contributed by atoms with Crippen LogP contribution in [0.5, 0.6) is 0 Å². The molecule has 0 aromatic carbocycles. The molecule has 98 valence electrons. The minimum Gasteiger partial charge on any atom is -0.342 e. The van der Waals surface area contributed by atoms with Crippen LogP contribution in [0.2, 0.25) is 0 Å². The highest BCUT2D eigenvalue weighted by Gasteiger charge is 2.11. The van der Waals surface area contributed by atoms with Gasteiger partial charge in [-0.3, -0.25) is 0 Å². The molecular formula is C13H20N4O. The lowest BCUT2D eigenvalue weighted by Crippen LogP contribution is -2.17. The standard InChI is InChI=1S/C13H20N4O/c1-4-6-13-15-12(16-18-13)9-17-8-5-7-11(17)10(2)14-3/h5,7-8,10,14H,4,6,9H2,1-3H3. The maximum Gasteiger partial charge on any atom is 0.226 e. The van der Waals surface area contributed by atoms with Gasteiger partial charge in [0.1, 0.15) is 0 Å². The largest absolute Gasteiger partial charge is 0.342 e. The van der Waals surface area contributed by atoms with E-state index in [1.165, 1.54) is 5.69 Å². The van der Waals surface area contributed by atoms with Crippen LogP contribution in [-0.2, 0) is 13.0 Å². The van der Waals surface area contributed by atoms with E-state index in [2.05, 4.69) is 39.9 Å². The smallest absolute Gasteiger partial charge is 0.226 e. The first kappa shape index (κ1) is 12.8. The van der Waals surface area contributed by atoms with Gasteiger partial charge in [-0.2, -0.15) is 4.98 Å². The molecule has 1 unspecified atom stereocenters. The molecule has 2 aromatic rings. The van der Waals surface area contributed by atoms with Crippen molar-refractivity contribution in [2.75, 3.05) is 7.05 Å². The summed E-state index contributed by atoms with van der Waals surface area (Å²) in [7, 11) is 1.95. The van der Waals surface area contributed by atoms with E-state index in [9.17, 15) is 0 Å². The second-order valence-corrected chi connectivity index (χ2v) is 4.43. The van der Waals surface area contributed by atoms with E-state index in [0.717, 1.165) is 24.6 Å². The second kappa shape index (κ2) is 5.82. The van der Waals surface area contributed by atoms with Gasteiger partial charge in [0, 0.05) is 24.4 Å². The van der Waals surface area contributed by atoms with Gasteiger partial charge >= 0.3 is 0 Å². The van der Waals surface area contributed by atoms with Crippen LogP contribution in [0.25, 0.3) is 0 Å². The maximum atomic E-state index is 5.19. The first-order valence-electron chi connectivity index (χ1n) is 6.38. The van der Waals surface area contributed by atoms with Gasteiger partial charge in [-0.15, -0.1) is 0 Å². The summed E-state index contributed by atoms with van der Waals surface area (Å²) in [5.41, 5.74) is 1.22. The third-order valence-corrected chi connectivity index (χ3v) is 3.03. The molecular weight excluding hydrogens is 228 g/mol. The third kappa shape index (κ3) is 2.79. The number of hydrogen-bond donors (Lipinski definition) is 1. The van der Waals surface area contributed by atoms with Crippen LogP contribution >= 0.6 is 0 Å². The molecule has 2 heterocycles. The molecule has 2 rings (SSSR count). The summed E-state index contributed by atoms with van der Waals surface area (Å²) in [6.45, 7) is 4.88. The fraction of sp³-hybridized carbons (Fsp3) is 0.538. The Morgan fingerprint density at radius 2 is 2.33 bits per heavy atom. The Hall–Kier alpha value is -1.62. The van der Waals surface area contributed by atoms with Crippen LogP contribution in [-0.4, -0.2) is 21.8 Å². The van der Waals surface area contributed by atoms with Crippen molar-refractivity contribution in [2.45, 2.75) is 39.3 Å². The van der Waals surface area contributed by atoms with Gasteiger partial charge in [-0.25, -0.2) is 0 Å². The number of aryl methyl sites for hydroxylation is 1. The monoisotopic (exact) mass is 248 g/mol. The highest BCUT2D eigenvalue weighted by atomic mass is 16.5. The van der Waals surface area contributed by atoms with E-state index < -0.39 is 0 Å². The summed E-state index contributed by atoms with van der Waals surface area (Å²) >= 11 is 0. The Morgan fingerprint density at radius 3 is 3.06 bits per heavy atom. The molecule has 1 atom stereocenters. The van der Waals surface area contributed by atoms with Crippen molar-refractivity contribution in [3.63, 3.8) is 0 Å². The van der Waals surface area contributed by atoms with E-state index in [0.29, 0.717) is 12.6 Å². The van der Waals surface area contributed by atoms with Gasteiger partial charge < -0.3 is 14.4 Å². The lowest BCUT2D eigenvalue weighted by Gasteiger charge is -2.13. The zero-order valence-corrected chi connectivity index (χ0v) is 11.2. The van der Waals surface area contributed by atoms with Crippen LogP contribution in [0, 0.1) is 0 Å². The molecule has 5 heteroatoms. The molecule has 0 aliphatic carbocycles. The zero-order valence-electron chi connectivity index (χ0n) is 11.2. The van der Waals surface area contributed by atoms with Gasteiger partial charge in [0.25, 0.3) is 0 Å². The van der Waals surface area contributed by atoms with Gasteiger partial charge in [-0.1, -0.05) is 12.1 Å². The van der Waals surface area contributed by atoms with E-state index in [-0.39, 0.29) is 0 Å². The Morgan fingerprint density at radius 1 is 1.50 bits per heavy atom. The quantitative estimate of drug-likeness (QED) is 0.851. The van der Waals surface area contributed by atoms with Gasteiger partial charge in [0.2, 0.25) is 5.89 Å². The van der Waals surface area contributed by atoms with Gasteiger partial charge in [0.05, 0.1) is 6.54 Å². The summed E-state index contributed by atoms with van der Waals surface area (Å²) in [4.78, 5) is 4.38. The Balaban J connectivity index is 2.10. The number of hydrogen-bond acceptors (Lipinski definition) is 4. The Bertz CT molecular complexity index is 489. The Labute approximate surface area is 107 Å². The summed E-state index contributed by atoms with van der Waals surface area (Å²) in [6, 6.07) is 4.45. The van der Waals surface area contributed by atoms with Crippen molar-refractivity contribution in [3.05, 3.63) is 35.7 Å². The minimum atomic E-state index is 0.307. The van der Waals surface area contributed by atoms with Crippen molar-refractivity contribution in [2.24, 2.45) is 0 Å². The number of rotatable bonds is 6. The maximum absolute atomic E-state index is 5.19. The number of nitrogens with one attached hydrogen (secondary N) is 1. The summed E-state index contributed by atoms with van der Waals surface area (Å²) in [5, 5.41) is 7.24. The average Bonchev–Trinajstić information content (AvgIpc) is 2.99. The molecule has 0 saturated heterocycles. The average molecular weight is 248 g/mol. The van der Waals surface area contributed by atoms with E-state index in [1.54, 1.807) is 0 Å².